The molecule has 12 heavy (non-hydrogen) atoms. The molecule has 0 spiro atoms. The first kappa shape index (κ1) is 8.38. The highest BCUT2D eigenvalue weighted by molar-refractivity contribution is 5.95. The summed E-state index contributed by atoms with van der Waals surface area (Å²) in [6.45, 7) is 1.48. The van der Waals surface area contributed by atoms with Gasteiger partial charge in [-0.05, 0) is 6.92 Å². The number of amides is 2. The van der Waals surface area contributed by atoms with Crippen LogP contribution < -0.4 is 11.1 Å². The van der Waals surface area contributed by atoms with E-state index in [1.807, 2.05) is 5.32 Å². The minimum absolute atomic E-state index is 0.282. The van der Waals surface area contributed by atoms with Crippen molar-refractivity contribution in [1.82, 2.24) is 5.32 Å². The summed E-state index contributed by atoms with van der Waals surface area (Å²) in [7, 11) is 0. The highest BCUT2D eigenvalue weighted by Gasteiger charge is 2.31. The Hall–Kier alpha value is -1.72. The molecule has 1 heterocycles. The van der Waals surface area contributed by atoms with E-state index < -0.39 is 18.1 Å². The first-order valence-corrected chi connectivity index (χ1v) is 3.23. The van der Waals surface area contributed by atoms with Gasteiger partial charge in [0.2, 0.25) is 0 Å². The number of esters is 1. The SMILES string of the molecule is CC1OC(=O)C(NC(N)=O)=C1O. The Morgan fingerprint density at radius 3 is 2.67 bits per heavy atom. The Kier molecular flexibility index (Phi) is 1.90. The second-order valence-electron chi connectivity index (χ2n) is 2.30. The van der Waals surface area contributed by atoms with E-state index in [9.17, 15) is 9.59 Å². The van der Waals surface area contributed by atoms with E-state index >= 15 is 0 Å². The third kappa shape index (κ3) is 1.31. The number of aliphatic hydroxyl groups excluding tert-OH is 1. The van der Waals surface area contributed by atoms with Gasteiger partial charge in [0, 0.05) is 0 Å². The normalized spacial score (nSPS) is 22.4. The average Bonchev–Trinajstić information content (AvgIpc) is 2.16. The van der Waals surface area contributed by atoms with Crippen LogP contribution in [0.25, 0.3) is 0 Å². The molecule has 0 aromatic rings. The topological polar surface area (TPSA) is 102 Å². The number of urea groups is 1. The van der Waals surface area contributed by atoms with E-state index in [1.54, 1.807) is 0 Å². The molecule has 0 saturated heterocycles. The van der Waals surface area contributed by atoms with E-state index in [2.05, 4.69) is 4.74 Å². The van der Waals surface area contributed by atoms with Gasteiger partial charge in [0.25, 0.3) is 0 Å². The Labute approximate surface area is 68.0 Å². The summed E-state index contributed by atoms with van der Waals surface area (Å²) in [5.74, 6) is -1.09. The summed E-state index contributed by atoms with van der Waals surface area (Å²) in [5, 5.41) is 11.1. The zero-order valence-corrected chi connectivity index (χ0v) is 6.33. The maximum atomic E-state index is 10.8. The van der Waals surface area contributed by atoms with Gasteiger partial charge in [0.1, 0.15) is 0 Å². The van der Waals surface area contributed by atoms with Crippen molar-refractivity contribution in [3.8, 4) is 0 Å². The minimum atomic E-state index is -0.914. The van der Waals surface area contributed by atoms with Gasteiger partial charge in [0.05, 0.1) is 0 Å². The van der Waals surface area contributed by atoms with Gasteiger partial charge in [-0.15, -0.1) is 0 Å². The summed E-state index contributed by atoms with van der Waals surface area (Å²) in [4.78, 5) is 21.1. The summed E-state index contributed by atoms with van der Waals surface area (Å²) >= 11 is 0. The minimum Gasteiger partial charge on any atom is -0.506 e. The summed E-state index contributed by atoms with van der Waals surface area (Å²) < 4.78 is 4.55. The molecule has 6 nitrogen and oxygen atoms in total. The fourth-order valence-electron chi connectivity index (χ4n) is 0.821. The highest BCUT2D eigenvalue weighted by Crippen LogP contribution is 2.17. The van der Waals surface area contributed by atoms with Crippen molar-refractivity contribution in [3.63, 3.8) is 0 Å². The van der Waals surface area contributed by atoms with E-state index in [0.717, 1.165) is 0 Å². The van der Waals surface area contributed by atoms with Crippen LogP contribution in [0.4, 0.5) is 4.79 Å². The number of carbonyl (C=O) groups is 2. The lowest BCUT2D eigenvalue weighted by atomic mass is 10.3. The van der Waals surface area contributed by atoms with E-state index in [0.29, 0.717) is 0 Å². The van der Waals surface area contributed by atoms with Crippen LogP contribution in [0.15, 0.2) is 11.5 Å². The Morgan fingerprint density at radius 1 is 1.75 bits per heavy atom. The number of aliphatic hydroxyl groups is 1. The number of carbonyl (C=O) groups excluding carboxylic acids is 2. The second kappa shape index (κ2) is 2.72. The zero-order chi connectivity index (χ0) is 9.30. The number of primary amides is 1. The average molecular weight is 172 g/mol. The first-order valence-electron chi connectivity index (χ1n) is 3.23. The van der Waals surface area contributed by atoms with Gasteiger partial charge in [-0.25, -0.2) is 9.59 Å². The lowest BCUT2D eigenvalue weighted by Gasteiger charge is -1.98. The summed E-state index contributed by atoms with van der Waals surface area (Å²) in [5.41, 5.74) is 4.46. The van der Waals surface area contributed by atoms with Crippen LogP contribution in [0.1, 0.15) is 6.92 Å². The van der Waals surface area contributed by atoms with Crippen molar-refractivity contribution < 1.29 is 19.4 Å². The molecule has 0 aromatic heterocycles. The van der Waals surface area contributed by atoms with Crippen molar-refractivity contribution in [2.75, 3.05) is 0 Å². The van der Waals surface area contributed by atoms with Gasteiger partial charge in [-0.2, -0.15) is 0 Å². The number of nitrogens with one attached hydrogen (secondary N) is 1. The molecule has 0 bridgehead atoms. The predicted molar refractivity (Wildman–Crippen MR) is 37.9 cm³/mol. The number of hydrogen-bond acceptors (Lipinski definition) is 4. The van der Waals surface area contributed by atoms with E-state index in [4.69, 9.17) is 10.8 Å². The molecule has 4 N–H and O–H groups in total. The zero-order valence-electron chi connectivity index (χ0n) is 6.33. The number of nitrogens with two attached hydrogens (primary N) is 1. The summed E-state index contributed by atoms with van der Waals surface area (Å²) in [6, 6.07) is -0.914. The second-order valence-corrected chi connectivity index (χ2v) is 2.30. The Balaban J connectivity index is 2.85. The monoisotopic (exact) mass is 172 g/mol. The van der Waals surface area contributed by atoms with E-state index in [1.165, 1.54) is 6.92 Å². The smallest absolute Gasteiger partial charge is 0.359 e. The van der Waals surface area contributed by atoms with Gasteiger partial charge < -0.3 is 15.6 Å². The quantitative estimate of drug-likeness (QED) is 0.458. The van der Waals surface area contributed by atoms with Gasteiger partial charge >= 0.3 is 12.0 Å². The van der Waals surface area contributed by atoms with Gasteiger partial charge in [0.15, 0.2) is 17.6 Å². The van der Waals surface area contributed by atoms with Crippen molar-refractivity contribution >= 4 is 12.0 Å². The van der Waals surface area contributed by atoms with Gasteiger partial charge in [-0.1, -0.05) is 0 Å². The molecule has 0 saturated carbocycles. The molecule has 1 aliphatic heterocycles. The lowest BCUT2D eigenvalue weighted by molar-refractivity contribution is -0.139. The standard InChI is InChI=1S/C6H8N2O4/c1-2-4(9)3(5(10)12-2)8-6(7)11/h2,9H,1H3,(H3,7,8,11). The molecule has 66 valence electrons. The molecule has 0 radical (unpaired) electrons. The number of hydrogen-bond donors (Lipinski definition) is 3. The first-order chi connectivity index (χ1) is 5.52. The van der Waals surface area contributed by atoms with Crippen LogP contribution in [0.5, 0.6) is 0 Å². The molecular formula is C6H8N2O4. The molecule has 1 aliphatic rings. The fraction of sp³-hybridized carbons (Fsp3) is 0.333. The van der Waals surface area contributed by atoms with Crippen molar-refractivity contribution in [1.29, 1.82) is 0 Å². The van der Waals surface area contributed by atoms with Crippen molar-refractivity contribution in [3.05, 3.63) is 11.5 Å². The molecule has 6 heteroatoms. The Bertz CT molecular complexity index is 271. The number of cyclic esters (lactones) is 1. The fourth-order valence-corrected chi connectivity index (χ4v) is 0.821. The number of ether oxygens (including phenoxy) is 1. The van der Waals surface area contributed by atoms with Crippen LogP contribution in [-0.2, 0) is 9.53 Å². The highest BCUT2D eigenvalue weighted by atomic mass is 16.6. The third-order valence-corrected chi connectivity index (χ3v) is 1.38. The lowest BCUT2D eigenvalue weighted by Crippen LogP contribution is -2.31. The van der Waals surface area contributed by atoms with Crippen LogP contribution in [-0.4, -0.2) is 23.2 Å². The van der Waals surface area contributed by atoms with Crippen LogP contribution in [0.2, 0.25) is 0 Å². The van der Waals surface area contributed by atoms with Crippen LogP contribution in [0.3, 0.4) is 0 Å². The Morgan fingerprint density at radius 2 is 2.33 bits per heavy atom. The molecule has 1 rings (SSSR count). The van der Waals surface area contributed by atoms with E-state index in [-0.39, 0.29) is 11.5 Å². The maximum absolute atomic E-state index is 10.8. The summed E-state index contributed by atoms with van der Waals surface area (Å²) in [6.07, 6.45) is -0.723. The van der Waals surface area contributed by atoms with Crippen molar-refractivity contribution in [2.24, 2.45) is 5.73 Å². The predicted octanol–water partition coefficient (Wildman–Crippen LogP) is -0.630. The van der Waals surface area contributed by atoms with Crippen molar-refractivity contribution in [2.45, 2.75) is 13.0 Å². The van der Waals surface area contributed by atoms with Crippen LogP contribution >= 0.6 is 0 Å². The van der Waals surface area contributed by atoms with Gasteiger partial charge in [-0.3, -0.25) is 5.32 Å². The molecule has 1 unspecified atom stereocenters. The maximum Gasteiger partial charge on any atom is 0.359 e. The number of rotatable bonds is 1. The molecule has 1 atom stereocenters. The molecule has 0 fully saturated rings. The third-order valence-electron chi connectivity index (χ3n) is 1.38. The largest absolute Gasteiger partial charge is 0.506 e. The molecule has 0 aliphatic carbocycles. The molecule has 2 amide bonds. The molecular weight excluding hydrogens is 164 g/mol. The van der Waals surface area contributed by atoms with Crippen LogP contribution in [0, 0.1) is 0 Å². The molecule has 0 aromatic carbocycles.